The quantitative estimate of drug-likeness (QED) is 0.780. The minimum Gasteiger partial charge on any atom is -0.489 e. The van der Waals surface area contributed by atoms with Crippen LogP contribution in [0.5, 0.6) is 5.75 Å². The van der Waals surface area contributed by atoms with Gasteiger partial charge in [0.25, 0.3) is 0 Å². The molecule has 0 spiro atoms. The second kappa shape index (κ2) is 8.39. The summed E-state index contributed by atoms with van der Waals surface area (Å²) >= 11 is 0. The number of allylic oxidation sites excluding steroid dienone is 4. The molecule has 2 aromatic rings. The topological polar surface area (TPSA) is 107 Å². The molecule has 4 rings (SSSR count). The van der Waals surface area contributed by atoms with Gasteiger partial charge in [0.2, 0.25) is 0 Å². The van der Waals surface area contributed by atoms with Crippen LogP contribution in [-0.4, -0.2) is 0 Å². The minimum atomic E-state index is -1.59. The monoisotopic (exact) mass is 406 g/mol. The molecule has 2 aromatic carbocycles. The smallest absolute Gasteiger partial charge is 0.191 e. The molecule has 2 aliphatic carbocycles. The zero-order valence-electron chi connectivity index (χ0n) is 17.1. The largest absolute Gasteiger partial charge is 0.489 e. The van der Waals surface area contributed by atoms with Crippen molar-refractivity contribution in [3.05, 3.63) is 88.6 Å². The molecule has 5 nitrogen and oxygen atoms in total. The Bertz CT molecular complexity index is 1160. The first kappa shape index (κ1) is 20.3. The highest BCUT2D eigenvalue weighted by molar-refractivity contribution is 5.59. The van der Waals surface area contributed by atoms with E-state index in [9.17, 15) is 15.8 Å². The second-order valence-corrected chi connectivity index (χ2v) is 7.95. The number of nitrogens with two attached hydrogens (primary N) is 1. The average molecular weight is 406 g/mol. The molecule has 2 aliphatic rings. The molecule has 0 unspecified atom stereocenters. The third kappa shape index (κ3) is 3.43. The van der Waals surface area contributed by atoms with Crippen LogP contribution in [0.3, 0.4) is 0 Å². The molecule has 5 heteroatoms. The van der Waals surface area contributed by atoms with E-state index in [0.29, 0.717) is 17.9 Å². The third-order valence-corrected chi connectivity index (χ3v) is 6.26. The highest BCUT2D eigenvalue weighted by Crippen LogP contribution is 2.56. The number of nitrogens with zero attached hydrogens (tertiary/aromatic N) is 3. The maximum absolute atomic E-state index is 10.1. The number of rotatable bonds is 4. The molecule has 31 heavy (non-hydrogen) atoms. The van der Waals surface area contributed by atoms with E-state index < -0.39 is 11.3 Å². The van der Waals surface area contributed by atoms with Gasteiger partial charge in [-0.3, -0.25) is 0 Å². The Morgan fingerprint density at radius 2 is 1.81 bits per heavy atom. The lowest BCUT2D eigenvalue weighted by atomic mass is 9.57. The van der Waals surface area contributed by atoms with E-state index in [1.807, 2.05) is 60.7 Å². The summed E-state index contributed by atoms with van der Waals surface area (Å²) in [7, 11) is 0. The van der Waals surface area contributed by atoms with Crippen LogP contribution >= 0.6 is 0 Å². The second-order valence-electron chi connectivity index (χ2n) is 7.95. The van der Waals surface area contributed by atoms with Crippen molar-refractivity contribution in [3.8, 4) is 24.0 Å². The van der Waals surface area contributed by atoms with Gasteiger partial charge in [-0.05, 0) is 54.0 Å². The van der Waals surface area contributed by atoms with Crippen molar-refractivity contribution in [1.29, 1.82) is 15.8 Å². The first-order valence-electron chi connectivity index (χ1n) is 10.3. The Hall–Kier alpha value is -4.01. The van der Waals surface area contributed by atoms with Gasteiger partial charge in [-0.1, -0.05) is 48.5 Å². The first-order chi connectivity index (χ1) is 15.1. The van der Waals surface area contributed by atoms with Crippen molar-refractivity contribution in [2.45, 2.75) is 31.8 Å². The van der Waals surface area contributed by atoms with Crippen molar-refractivity contribution < 1.29 is 4.74 Å². The Kier molecular flexibility index (Phi) is 5.48. The fourth-order valence-corrected chi connectivity index (χ4v) is 4.79. The summed E-state index contributed by atoms with van der Waals surface area (Å²) in [5.74, 6) is 0.0897. The molecular weight excluding hydrogens is 384 g/mol. The number of hydrogen-bond acceptors (Lipinski definition) is 5. The summed E-state index contributed by atoms with van der Waals surface area (Å²) in [5, 5.41) is 30.0. The summed E-state index contributed by atoms with van der Waals surface area (Å²) in [5.41, 5.74) is 7.84. The van der Waals surface area contributed by atoms with Crippen molar-refractivity contribution in [1.82, 2.24) is 0 Å². The van der Waals surface area contributed by atoms with E-state index in [4.69, 9.17) is 10.5 Å². The normalized spacial score (nSPS) is 21.6. The molecule has 152 valence electrons. The van der Waals surface area contributed by atoms with Crippen molar-refractivity contribution in [3.63, 3.8) is 0 Å². The zero-order chi connectivity index (χ0) is 21.8. The van der Waals surface area contributed by atoms with Crippen LogP contribution in [-0.2, 0) is 6.61 Å². The third-order valence-electron chi connectivity index (χ3n) is 6.26. The standard InChI is InChI=1S/C26H22N4O/c27-14-23-21-11-4-5-12-22(21)24(26(16-28,17-29)25(23)30)19-9-6-10-20(13-19)31-15-18-7-2-1-3-8-18/h1-3,6-11,13,22,24H,4-5,12,15,30H2/t22-,24+/m0/s1. The summed E-state index contributed by atoms with van der Waals surface area (Å²) in [4.78, 5) is 0. The summed E-state index contributed by atoms with van der Waals surface area (Å²) in [6.45, 7) is 0.422. The molecule has 0 aromatic heterocycles. The molecular formula is C26H22N4O. The Labute approximate surface area is 182 Å². The Morgan fingerprint density at radius 3 is 2.52 bits per heavy atom. The lowest BCUT2D eigenvalue weighted by Crippen LogP contribution is -2.42. The fourth-order valence-electron chi connectivity index (χ4n) is 4.79. The highest BCUT2D eigenvalue weighted by atomic mass is 16.5. The van der Waals surface area contributed by atoms with Gasteiger partial charge in [0.05, 0.1) is 23.4 Å². The Morgan fingerprint density at radius 1 is 1.03 bits per heavy atom. The van der Waals surface area contributed by atoms with Crippen molar-refractivity contribution in [2.24, 2.45) is 17.1 Å². The first-order valence-corrected chi connectivity index (χ1v) is 10.3. The molecule has 2 N–H and O–H groups in total. The van der Waals surface area contributed by atoms with Gasteiger partial charge in [-0.15, -0.1) is 0 Å². The van der Waals surface area contributed by atoms with Crippen LogP contribution < -0.4 is 10.5 Å². The molecule has 0 radical (unpaired) electrons. The lowest BCUT2D eigenvalue weighted by molar-refractivity contribution is 0.299. The molecule has 0 heterocycles. The number of ether oxygens (including phenoxy) is 1. The Balaban J connectivity index is 1.77. The van der Waals surface area contributed by atoms with E-state index in [1.165, 1.54) is 0 Å². The summed E-state index contributed by atoms with van der Waals surface area (Å²) in [6, 6.07) is 23.9. The highest BCUT2D eigenvalue weighted by Gasteiger charge is 2.53. The van der Waals surface area contributed by atoms with E-state index in [0.717, 1.165) is 36.0 Å². The van der Waals surface area contributed by atoms with Crippen molar-refractivity contribution in [2.75, 3.05) is 0 Å². The fraction of sp³-hybridized carbons (Fsp3) is 0.269. The SMILES string of the molecule is N#CC1=C(N)C(C#N)(C#N)[C@H](c2cccc(OCc3ccccc3)c2)[C@H]2CCCC=C12. The molecule has 0 fully saturated rings. The maximum Gasteiger partial charge on any atom is 0.191 e. The zero-order valence-corrected chi connectivity index (χ0v) is 17.1. The van der Waals surface area contributed by atoms with Crippen LogP contribution in [0.2, 0.25) is 0 Å². The van der Waals surface area contributed by atoms with Crippen LogP contribution in [0.25, 0.3) is 0 Å². The average Bonchev–Trinajstić information content (AvgIpc) is 2.83. The molecule has 0 saturated heterocycles. The van der Waals surface area contributed by atoms with E-state index in [2.05, 4.69) is 18.2 Å². The van der Waals surface area contributed by atoms with E-state index in [-0.39, 0.29) is 11.6 Å². The summed E-state index contributed by atoms with van der Waals surface area (Å²) < 4.78 is 5.99. The predicted octanol–water partition coefficient (Wildman–Crippen LogP) is 4.86. The number of fused-ring (bicyclic) bond motifs is 1. The van der Waals surface area contributed by atoms with Gasteiger partial charge in [0.1, 0.15) is 18.4 Å². The number of benzene rings is 2. The maximum atomic E-state index is 10.1. The lowest BCUT2D eigenvalue weighted by Gasteiger charge is -2.43. The molecule has 0 bridgehead atoms. The van der Waals surface area contributed by atoms with E-state index in [1.54, 1.807) is 0 Å². The van der Waals surface area contributed by atoms with Gasteiger partial charge in [0.15, 0.2) is 5.41 Å². The van der Waals surface area contributed by atoms with Gasteiger partial charge < -0.3 is 10.5 Å². The van der Waals surface area contributed by atoms with Gasteiger partial charge in [-0.25, -0.2) is 0 Å². The van der Waals surface area contributed by atoms with Gasteiger partial charge >= 0.3 is 0 Å². The van der Waals surface area contributed by atoms with Crippen LogP contribution in [0.4, 0.5) is 0 Å². The van der Waals surface area contributed by atoms with Crippen LogP contribution in [0.1, 0.15) is 36.3 Å². The number of hydrogen-bond donors (Lipinski definition) is 1. The van der Waals surface area contributed by atoms with Gasteiger partial charge in [-0.2, -0.15) is 15.8 Å². The van der Waals surface area contributed by atoms with Crippen molar-refractivity contribution >= 4 is 0 Å². The van der Waals surface area contributed by atoms with Gasteiger partial charge in [0, 0.05) is 5.92 Å². The van der Waals surface area contributed by atoms with Crippen LogP contribution in [0.15, 0.2) is 77.5 Å². The van der Waals surface area contributed by atoms with E-state index >= 15 is 0 Å². The molecule has 0 aliphatic heterocycles. The molecule has 0 saturated carbocycles. The molecule has 2 atom stereocenters. The number of nitriles is 3. The minimum absolute atomic E-state index is 0.0602. The summed E-state index contributed by atoms with van der Waals surface area (Å²) in [6.07, 6.45) is 4.65. The molecule has 0 amide bonds. The van der Waals surface area contributed by atoms with Crippen LogP contribution in [0, 0.1) is 45.3 Å². The predicted molar refractivity (Wildman–Crippen MR) is 116 cm³/mol.